The molecule has 1 aromatic carbocycles. The second kappa shape index (κ2) is 5.26. The fraction of sp³-hybridized carbons (Fsp3) is 0.462. The molecule has 17 heavy (non-hydrogen) atoms. The van der Waals surface area contributed by atoms with Crippen molar-refractivity contribution in [3.8, 4) is 5.75 Å². The van der Waals surface area contributed by atoms with Crippen LogP contribution in [0.1, 0.15) is 32.2 Å². The molecule has 0 N–H and O–H groups in total. The summed E-state index contributed by atoms with van der Waals surface area (Å²) in [7, 11) is 7.41. The lowest BCUT2D eigenvalue weighted by atomic mass is 9.81. The number of carbonyl (C=O) groups is 1. The third-order valence-corrected chi connectivity index (χ3v) is 2.14. The molecule has 90 valence electrons. The van der Waals surface area contributed by atoms with Gasteiger partial charge in [0.25, 0.3) is 0 Å². The summed E-state index contributed by atoms with van der Waals surface area (Å²) >= 11 is 0. The zero-order chi connectivity index (χ0) is 13.1. The molecule has 0 fully saturated rings. The summed E-state index contributed by atoms with van der Waals surface area (Å²) in [4.78, 5) is 11.7. The first-order valence-corrected chi connectivity index (χ1v) is 5.46. The van der Waals surface area contributed by atoms with Gasteiger partial charge in [-0.25, -0.2) is 0 Å². The van der Waals surface area contributed by atoms with Crippen molar-refractivity contribution >= 4 is 13.8 Å². The molecule has 0 aromatic heterocycles. The molecular weight excluding hydrogens is 215 g/mol. The van der Waals surface area contributed by atoms with Gasteiger partial charge in [-0.3, -0.25) is 4.79 Å². The van der Waals surface area contributed by atoms with E-state index in [1.807, 2.05) is 20.8 Å². The summed E-state index contributed by atoms with van der Waals surface area (Å²) in [6, 6.07) is 7.04. The monoisotopic (exact) mass is 232 g/mol. The van der Waals surface area contributed by atoms with Gasteiger partial charge in [-0.2, -0.15) is 0 Å². The van der Waals surface area contributed by atoms with Crippen molar-refractivity contribution in [3.05, 3.63) is 29.8 Å². The highest BCUT2D eigenvalue weighted by atomic mass is 16.6. The Labute approximate surface area is 104 Å². The number of carbonyl (C=O) groups excluding carboxylic acids is 1. The van der Waals surface area contributed by atoms with E-state index in [0.717, 1.165) is 5.75 Å². The van der Waals surface area contributed by atoms with Gasteiger partial charge in [0.1, 0.15) is 11.4 Å². The van der Waals surface area contributed by atoms with E-state index in [2.05, 4.69) is 0 Å². The molecule has 0 heterocycles. The molecule has 4 heteroatoms. The Morgan fingerprint density at radius 2 is 1.76 bits per heavy atom. The van der Waals surface area contributed by atoms with Crippen LogP contribution in [0.4, 0.5) is 0 Å². The van der Waals surface area contributed by atoms with E-state index in [9.17, 15) is 4.79 Å². The third kappa shape index (κ3) is 4.13. The van der Waals surface area contributed by atoms with Gasteiger partial charge in [0, 0.05) is 5.82 Å². The summed E-state index contributed by atoms with van der Waals surface area (Å²) in [6.45, 7) is 5.43. The van der Waals surface area contributed by atoms with Crippen molar-refractivity contribution in [2.24, 2.45) is 0 Å². The summed E-state index contributed by atoms with van der Waals surface area (Å²) in [5.74, 6) is -0.465. The molecule has 0 spiro atoms. The average Bonchev–Trinajstić information content (AvgIpc) is 2.26. The van der Waals surface area contributed by atoms with Gasteiger partial charge < -0.3 is 9.47 Å². The maximum atomic E-state index is 11.7. The summed E-state index contributed by atoms with van der Waals surface area (Å²) in [5, 5.41) is 0. The molecule has 0 aliphatic heterocycles. The van der Waals surface area contributed by atoms with Crippen molar-refractivity contribution in [1.82, 2.24) is 0 Å². The third-order valence-electron chi connectivity index (χ3n) is 2.14. The first-order chi connectivity index (χ1) is 7.83. The smallest absolute Gasteiger partial charge is 0.304 e. The summed E-state index contributed by atoms with van der Waals surface area (Å²) < 4.78 is 10.2. The zero-order valence-corrected chi connectivity index (χ0v) is 10.7. The standard InChI is InChI=1S/C13H17BO3/c1-13(2,3)17-12(15)11(14)9-5-7-10(16-4)8-6-9/h5-8,11H,1-4H3/t11-/m1/s1. The highest BCUT2D eigenvalue weighted by molar-refractivity contribution is 6.23. The number of ether oxygens (including phenoxy) is 2. The first-order valence-electron chi connectivity index (χ1n) is 5.46. The van der Waals surface area contributed by atoms with E-state index in [0.29, 0.717) is 5.56 Å². The quantitative estimate of drug-likeness (QED) is 0.592. The molecule has 2 radical (unpaired) electrons. The molecule has 1 atom stereocenters. The van der Waals surface area contributed by atoms with Gasteiger partial charge in [-0.05, 0) is 38.5 Å². The topological polar surface area (TPSA) is 35.5 Å². The lowest BCUT2D eigenvalue weighted by molar-refractivity contribution is -0.154. The van der Waals surface area contributed by atoms with E-state index in [4.69, 9.17) is 17.3 Å². The minimum absolute atomic E-state index is 0.428. The van der Waals surface area contributed by atoms with Gasteiger partial charge in [0.05, 0.1) is 15.0 Å². The minimum Gasteiger partial charge on any atom is -0.497 e. The lowest BCUT2D eigenvalue weighted by Crippen LogP contribution is -2.27. The predicted molar refractivity (Wildman–Crippen MR) is 67.3 cm³/mol. The van der Waals surface area contributed by atoms with Gasteiger partial charge in [-0.1, -0.05) is 12.1 Å². The van der Waals surface area contributed by atoms with Crippen LogP contribution in [0.3, 0.4) is 0 Å². The maximum Gasteiger partial charge on any atom is 0.304 e. The van der Waals surface area contributed by atoms with E-state index in [1.165, 1.54) is 0 Å². The van der Waals surface area contributed by atoms with Crippen molar-refractivity contribution in [3.63, 3.8) is 0 Å². The maximum absolute atomic E-state index is 11.7. The second-order valence-corrected chi connectivity index (χ2v) is 4.78. The van der Waals surface area contributed by atoms with Crippen LogP contribution in [0.15, 0.2) is 24.3 Å². The van der Waals surface area contributed by atoms with Crippen LogP contribution in [-0.4, -0.2) is 26.5 Å². The molecule has 0 bridgehead atoms. The molecule has 0 saturated heterocycles. The Kier molecular flexibility index (Phi) is 4.21. The fourth-order valence-corrected chi connectivity index (χ4v) is 1.31. The van der Waals surface area contributed by atoms with E-state index < -0.39 is 17.4 Å². The Morgan fingerprint density at radius 1 is 1.24 bits per heavy atom. The molecule has 0 amide bonds. The van der Waals surface area contributed by atoms with Crippen LogP contribution in [0.5, 0.6) is 5.75 Å². The van der Waals surface area contributed by atoms with E-state index in [-0.39, 0.29) is 0 Å². The fourth-order valence-electron chi connectivity index (χ4n) is 1.31. The van der Waals surface area contributed by atoms with Gasteiger partial charge >= 0.3 is 5.97 Å². The second-order valence-electron chi connectivity index (χ2n) is 4.78. The molecule has 3 nitrogen and oxygen atoms in total. The SMILES string of the molecule is [B][C@@H](C(=O)OC(C)(C)C)c1ccc(OC)cc1. The molecule has 1 rings (SSSR count). The largest absolute Gasteiger partial charge is 0.497 e. The number of hydrogen-bond acceptors (Lipinski definition) is 3. The Hall–Kier alpha value is -1.45. The van der Waals surface area contributed by atoms with E-state index >= 15 is 0 Å². The van der Waals surface area contributed by atoms with Crippen LogP contribution < -0.4 is 4.74 Å². The van der Waals surface area contributed by atoms with Crippen LogP contribution >= 0.6 is 0 Å². The Morgan fingerprint density at radius 3 is 2.18 bits per heavy atom. The van der Waals surface area contributed by atoms with Crippen molar-refractivity contribution < 1.29 is 14.3 Å². The number of esters is 1. The van der Waals surface area contributed by atoms with Crippen LogP contribution in [0.25, 0.3) is 0 Å². The van der Waals surface area contributed by atoms with Gasteiger partial charge in [0.15, 0.2) is 0 Å². The number of rotatable bonds is 3. The van der Waals surface area contributed by atoms with Crippen LogP contribution in [-0.2, 0) is 9.53 Å². The molecular formula is C13H17BO3. The van der Waals surface area contributed by atoms with Gasteiger partial charge in [0.2, 0.25) is 0 Å². The molecule has 0 unspecified atom stereocenters. The van der Waals surface area contributed by atoms with Crippen molar-refractivity contribution in [2.45, 2.75) is 32.2 Å². The average molecular weight is 232 g/mol. The van der Waals surface area contributed by atoms with Crippen molar-refractivity contribution in [1.29, 1.82) is 0 Å². The van der Waals surface area contributed by atoms with Gasteiger partial charge in [-0.15, -0.1) is 0 Å². The number of hydrogen-bond donors (Lipinski definition) is 0. The number of benzene rings is 1. The normalized spacial score (nSPS) is 12.9. The highest BCUT2D eigenvalue weighted by Crippen LogP contribution is 2.20. The van der Waals surface area contributed by atoms with E-state index in [1.54, 1.807) is 31.4 Å². The van der Waals surface area contributed by atoms with Crippen molar-refractivity contribution in [2.75, 3.05) is 7.11 Å². The molecule has 0 aliphatic carbocycles. The zero-order valence-electron chi connectivity index (χ0n) is 10.7. The van der Waals surface area contributed by atoms with Crippen LogP contribution in [0, 0.1) is 0 Å². The first kappa shape index (κ1) is 13.6. The lowest BCUT2D eigenvalue weighted by Gasteiger charge is -2.22. The number of methoxy groups -OCH3 is 1. The molecule has 0 saturated carbocycles. The minimum atomic E-state index is -0.764. The predicted octanol–water partition coefficient (Wildman–Crippen LogP) is 2.25. The molecule has 1 aromatic rings. The summed E-state index contributed by atoms with van der Waals surface area (Å²) in [5.41, 5.74) is 0.182. The highest BCUT2D eigenvalue weighted by Gasteiger charge is 2.22. The summed E-state index contributed by atoms with van der Waals surface area (Å²) in [6.07, 6.45) is 0. The van der Waals surface area contributed by atoms with Crippen LogP contribution in [0.2, 0.25) is 0 Å². The Bertz CT molecular complexity index is 379. The Balaban J connectivity index is 2.74. The molecule has 0 aliphatic rings.